The maximum absolute atomic E-state index is 14.1. The van der Waals surface area contributed by atoms with E-state index in [0.717, 1.165) is 32.8 Å². The topological polar surface area (TPSA) is 81.9 Å². The number of pyridine rings is 1. The number of benzene rings is 4. The van der Waals surface area contributed by atoms with Gasteiger partial charge in [0.1, 0.15) is 5.65 Å². The van der Waals surface area contributed by atoms with Gasteiger partial charge in [-0.2, -0.15) is 10.5 Å². The molecule has 2 heterocycles. The fraction of sp³-hybridized carbons (Fsp3) is 0.118. The summed E-state index contributed by atoms with van der Waals surface area (Å²) < 4.78 is 1.61. The monoisotopic (exact) mass is 504 g/mol. The summed E-state index contributed by atoms with van der Waals surface area (Å²) in [7, 11) is 0. The molecule has 0 saturated carbocycles. The minimum Gasteiger partial charge on any atom is -0.268 e. The maximum atomic E-state index is 14.1. The number of allylic oxidation sites excluding steroid dienone is 1. The van der Waals surface area contributed by atoms with E-state index >= 15 is 0 Å². The molecule has 0 saturated heterocycles. The molecule has 0 aliphatic carbocycles. The van der Waals surface area contributed by atoms with Gasteiger partial charge in [0.05, 0.1) is 29.1 Å². The van der Waals surface area contributed by atoms with Crippen LogP contribution in [0.25, 0.3) is 44.4 Å². The summed E-state index contributed by atoms with van der Waals surface area (Å²) in [4.78, 5) is 18.9. The number of fused-ring (bicyclic) bond motifs is 2. The molecule has 5 nitrogen and oxygen atoms in total. The summed E-state index contributed by atoms with van der Waals surface area (Å²) in [6.07, 6.45) is 1.79. The zero-order valence-electron chi connectivity index (χ0n) is 21.9. The molecular formula is C34H24N4O. The van der Waals surface area contributed by atoms with Gasteiger partial charge in [-0.15, -0.1) is 0 Å². The first-order valence-electron chi connectivity index (χ1n) is 12.7. The molecule has 39 heavy (non-hydrogen) atoms. The van der Waals surface area contributed by atoms with Crippen LogP contribution in [0.4, 0.5) is 0 Å². The van der Waals surface area contributed by atoms with Crippen molar-refractivity contribution in [2.24, 2.45) is 0 Å². The molecule has 186 valence electrons. The summed E-state index contributed by atoms with van der Waals surface area (Å²) in [6, 6.07) is 31.9. The largest absolute Gasteiger partial charge is 0.268 e. The minimum absolute atomic E-state index is 0.223. The van der Waals surface area contributed by atoms with Gasteiger partial charge in [0.2, 0.25) is 0 Å². The summed E-state index contributed by atoms with van der Waals surface area (Å²) in [6.45, 7) is 5.87. The van der Waals surface area contributed by atoms with Gasteiger partial charge in [-0.25, -0.2) is 4.98 Å². The van der Waals surface area contributed by atoms with E-state index in [1.54, 1.807) is 16.5 Å². The second-order valence-corrected chi connectivity index (χ2v) is 10.3. The lowest BCUT2D eigenvalue weighted by Gasteiger charge is -2.24. The van der Waals surface area contributed by atoms with E-state index in [0.29, 0.717) is 33.6 Å². The lowest BCUT2D eigenvalue weighted by molar-refractivity contribution is 0.646. The quantitative estimate of drug-likeness (QED) is 0.238. The van der Waals surface area contributed by atoms with Gasteiger partial charge in [-0.1, -0.05) is 80.6 Å². The summed E-state index contributed by atoms with van der Waals surface area (Å²) >= 11 is 0. The molecular weight excluding hydrogens is 480 g/mol. The number of rotatable bonds is 4. The standard InChI is InChI=1S/C34H24N4O/c1-21-29(18-25(20-36)34(2,3)24-12-8-5-9-13-24)38-32(37-21)27-15-14-23(19-35)30-26(22-10-6-4-7-11-22)16-17-28(31(27)30)33(38)39/h4-18H,1-3H3/b25-18-. The lowest BCUT2D eigenvalue weighted by Crippen LogP contribution is -2.20. The van der Waals surface area contributed by atoms with Crippen molar-refractivity contribution in [3.05, 3.63) is 123 Å². The van der Waals surface area contributed by atoms with E-state index in [4.69, 9.17) is 4.98 Å². The second kappa shape index (κ2) is 8.94. The zero-order valence-corrected chi connectivity index (χ0v) is 21.9. The summed E-state index contributed by atoms with van der Waals surface area (Å²) in [5.41, 5.74) is 4.88. The molecule has 0 bridgehead atoms. The molecule has 6 aromatic rings. The Hall–Kier alpha value is -5.26. The molecule has 0 N–H and O–H groups in total. The highest BCUT2D eigenvalue weighted by Gasteiger charge is 2.27. The van der Waals surface area contributed by atoms with Crippen molar-refractivity contribution in [2.45, 2.75) is 26.2 Å². The van der Waals surface area contributed by atoms with Crippen LogP contribution in [0.15, 0.2) is 95.3 Å². The Bertz CT molecular complexity index is 2070. The van der Waals surface area contributed by atoms with Crippen molar-refractivity contribution in [1.82, 2.24) is 9.38 Å². The predicted molar refractivity (Wildman–Crippen MR) is 156 cm³/mol. The molecule has 0 spiro atoms. The molecule has 5 heteroatoms. The van der Waals surface area contributed by atoms with Crippen molar-refractivity contribution in [3.63, 3.8) is 0 Å². The van der Waals surface area contributed by atoms with Crippen molar-refractivity contribution < 1.29 is 0 Å². The first kappa shape index (κ1) is 24.1. The van der Waals surface area contributed by atoms with Crippen LogP contribution in [0.3, 0.4) is 0 Å². The Morgan fingerprint density at radius 3 is 2.21 bits per heavy atom. The third kappa shape index (κ3) is 3.60. The Labute approximate surface area is 225 Å². The second-order valence-electron chi connectivity index (χ2n) is 10.3. The van der Waals surface area contributed by atoms with E-state index in [1.165, 1.54) is 0 Å². The van der Waals surface area contributed by atoms with Gasteiger partial charge in [0, 0.05) is 32.5 Å². The van der Waals surface area contributed by atoms with Crippen LogP contribution in [0.1, 0.15) is 36.4 Å². The number of imidazole rings is 1. The molecule has 6 rings (SSSR count). The van der Waals surface area contributed by atoms with Crippen molar-refractivity contribution in [2.75, 3.05) is 0 Å². The smallest absolute Gasteiger partial charge is 0.264 e. The first-order chi connectivity index (χ1) is 18.9. The maximum Gasteiger partial charge on any atom is 0.264 e. The van der Waals surface area contributed by atoms with Gasteiger partial charge < -0.3 is 0 Å². The van der Waals surface area contributed by atoms with Crippen LogP contribution < -0.4 is 5.56 Å². The SMILES string of the molecule is Cc1nc2c3ccc(C#N)c4c(-c5ccccc5)ccc(c(=O)n2c1/C=C(/C#N)C(C)(C)c1ccccc1)c43. The van der Waals surface area contributed by atoms with E-state index in [9.17, 15) is 15.3 Å². The third-order valence-electron chi connectivity index (χ3n) is 7.71. The van der Waals surface area contributed by atoms with Crippen molar-refractivity contribution >= 4 is 33.3 Å². The average Bonchev–Trinajstić information content (AvgIpc) is 3.30. The van der Waals surface area contributed by atoms with Crippen LogP contribution in [-0.2, 0) is 5.41 Å². The van der Waals surface area contributed by atoms with Gasteiger partial charge in [-0.05, 0) is 47.9 Å². The van der Waals surface area contributed by atoms with Crippen LogP contribution >= 0.6 is 0 Å². The molecule has 0 unspecified atom stereocenters. The number of aromatic nitrogens is 2. The molecule has 0 amide bonds. The number of hydrogen-bond acceptors (Lipinski definition) is 4. The van der Waals surface area contributed by atoms with Crippen molar-refractivity contribution in [3.8, 4) is 23.3 Å². The summed E-state index contributed by atoms with van der Waals surface area (Å²) in [5.74, 6) is 0. The molecule has 0 atom stereocenters. The fourth-order valence-electron chi connectivity index (χ4n) is 5.53. The normalized spacial score (nSPS) is 12.2. The highest BCUT2D eigenvalue weighted by Crippen LogP contribution is 2.38. The Balaban J connectivity index is 1.69. The Morgan fingerprint density at radius 1 is 0.872 bits per heavy atom. The van der Waals surface area contributed by atoms with E-state index in [-0.39, 0.29) is 5.56 Å². The van der Waals surface area contributed by atoms with E-state index in [1.807, 2.05) is 99.6 Å². The molecule has 0 radical (unpaired) electrons. The van der Waals surface area contributed by atoms with E-state index < -0.39 is 5.41 Å². The number of nitrogens with zero attached hydrogens (tertiary/aromatic N) is 4. The number of aryl methyl sites for hydroxylation is 1. The molecule has 4 aromatic carbocycles. The highest BCUT2D eigenvalue weighted by molar-refractivity contribution is 6.20. The highest BCUT2D eigenvalue weighted by atomic mass is 16.1. The van der Waals surface area contributed by atoms with Gasteiger partial charge in [0.15, 0.2) is 0 Å². The fourth-order valence-corrected chi connectivity index (χ4v) is 5.53. The van der Waals surface area contributed by atoms with Crippen molar-refractivity contribution in [1.29, 1.82) is 10.5 Å². The zero-order chi connectivity index (χ0) is 27.3. The Morgan fingerprint density at radius 2 is 1.54 bits per heavy atom. The average molecular weight is 505 g/mol. The number of nitriles is 2. The van der Waals surface area contributed by atoms with Gasteiger partial charge >= 0.3 is 0 Å². The third-order valence-corrected chi connectivity index (χ3v) is 7.71. The first-order valence-corrected chi connectivity index (χ1v) is 12.7. The molecule has 0 aliphatic heterocycles. The lowest BCUT2D eigenvalue weighted by atomic mass is 9.77. The molecule has 2 aromatic heterocycles. The Kier molecular flexibility index (Phi) is 5.52. The van der Waals surface area contributed by atoms with E-state index in [2.05, 4.69) is 12.1 Å². The minimum atomic E-state index is -0.574. The molecule has 0 fully saturated rings. The van der Waals surface area contributed by atoms with Crippen LogP contribution in [0.5, 0.6) is 0 Å². The predicted octanol–water partition coefficient (Wildman–Crippen LogP) is 7.17. The van der Waals surface area contributed by atoms with Crippen LogP contribution in [0, 0.1) is 29.6 Å². The summed E-state index contributed by atoms with van der Waals surface area (Å²) in [5, 5.41) is 23.0. The van der Waals surface area contributed by atoms with Crippen LogP contribution in [0.2, 0.25) is 0 Å². The van der Waals surface area contributed by atoms with Gasteiger partial charge in [0.25, 0.3) is 5.56 Å². The van der Waals surface area contributed by atoms with Crippen LogP contribution in [-0.4, -0.2) is 9.38 Å². The van der Waals surface area contributed by atoms with Gasteiger partial charge in [-0.3, -0.25) is 9.20 Å². The molecule has 0 aliphatic rings. The number of hydrogen-bond donors (Lipinski definition) is 0.